The van der Waals surface area contributed by atoms with Gasteiger partial charge in [0.15, 0.2) is 0 Å². The van der Waals surface area contributed by atoms with Crippen LogP contribution in [0.5, 0.6) is 0 Å². The second-order valence-electron chi connectivity index (χ2n) is 3.85. The van der Waals surface area contributed by atoms with Gasteiger partial charge >= 0.3 is 0 Å². The summed E-state index contributed by atoms with van der Waals surface area (Å²) >= 11 is 0. The van der Waals surface area contributed by atoms with Gasteiger partial charge in [0.25, 0.3) is 0 Å². The Hall–Kier alpha value is -0.160. The van der Waals surface area contributed by atoms with E-state index in [2.05, 4.69) is 10.2 Å². The highest BCUT2D eigenvalue weighted by Gasteiger charge is 2.20. The molecule has 84 valence electrons. The molecule has 0 aromatic rings. The first-order valence-corrected chi connectivity index (χ1v) is 5.42. The largest absolute Gasteiger partial charge is 0.394 e. The summed E-state index contributed by atoms with van der Waals surface area (Å²) in [5.41, 5.74) is 0. The number of nitrogens with zero attached hydrogens (tertiary/aromatic N) is 1. The molecule has 0 saturated carbocycles. The zero-order valence-electron chi connectivity index (χ0n) is 9.04. The molecule has 0 bridgehead atoms. The molecule has 4 nitrogen and oxygen atoms in total. The molecule has 0 spiro atoms. The summed E-state index contributed by atoms with van der Waals surface area (Å²) in [5.74, 6) is 0.804. The van der Waals surface area contributed by atoms with Gasteiger partial charge in [-0.2, -0.15) is 0 Å². The number of ether oxygens (including phenoxy) is 1. The van der Waals surface area contributed by atoms with Gasteiger partial charge in [0, 0.05) is 13.1 Å². The van der Waals surface area contributed by atoms with Crippen LogP contribution < -0.4 is 5.32 Å². The van der Waals surface area contributed by atoms with E-state index in [1.165, 1.54) is 19.5 Å². The van der Waals surface area contributed by atoms with Crippen LogP contribution in [0.3, 0.4) is 0 Å². The minimum absolute atomic E-state index is 0.127. The number of rotatable bonds is 7. The lowest BCUT2D eigenvalue weighted by Gasteiger charge is -2.15. The van der Waals surface area contributed by atoms with Crippen LogP contribution in [0.15, 0.2) is 0 Å². The lowest BCUT2D eigenvalue weighted by molar-refractivity contribution is 0.0775. The maximum Gasteiger partial charge on any atom is 0.0698 e. The van der Waals surface area contributed by atoms with E-state index in [-0.39, 0.29) is 6.61 Å². The van der Waals surface area contributed by atoms with Crippen molar-refractivity contribution in [2.75, 3.05) is 53.0 Å². The lowest BCUT2D eigenvalue weighted by atomic mass is 10.1. The van der Waals surface area contributed by atoms with Crippen molar-refractivity contribution in [3.8, 4) is 0 Å². The number of likely N-dealkylation sites (tertiary alicyclic amines) is 1. The molecule has 1 heterocycles. The maximum absolute atomic E-state index is 8.52. The fourth-order valence-electron chi connectivity index (χ4n) is 1.93. The van der Waals surface area contributed by atoms with Crippen molar-refractivity contribution in [1.29, 1.82) is 0 Å². The molecule has 4 heteroatoms. The van der Waals surface area contributed by atoms with E-state index in [1.54, 1.807) is 0 Å². The van der Waals surface area contributed by atoms with E-state index >= 15 is 0 Å². The minimum atomic E-state index is 0.127. The molecule has 0 radical (unpaired) electrons. The van der Waals surface area contributed by atoms with Crippen molar-refractivity contribution < 1.29 is 9.84 Å². The molecule has 1 atom stereocenters. The normalized spacial score (nSPS) is 23.1. The summed E-state index contributed by atoms with van der Waals surface area (Å²) in [5, 5.41) is 11.7. The average Bonchev–Trinajstić information content (AvgIpc) is 2.61. The molecule has 1 unspecified atom stereocenters. The Morgan fingerprint density at radius 1 is 1.50 bits per heavy atom. The number of aliphatic hydroxyl groups excluding tert-OH is 1. The van der Waals surface area contributed by atoms with Gasteiger partial charge in [-0.3, -0.25) is 0 Å². The summed E-state index contributed by atoms with van der Waals surface area (Å²) in [6.07, 6.45) is 1.29. The van der Waals surface area contributed by atoms with Gasteiger partial charge in [-0.15, -0.1) is 0 Å². The molecule has 1 saturated heterocycles. The summed E-state index contributed by atoms with van der Waals surface area (Å²) in [6.45, 7) is 5.83. The van der Waals surface area contributed by atoms with Crippen molar-refractivity contribution >= 4 is 0 Å². The molecule has 0 aromatic carbocycles. The third-order valence-electron chi connectivity index (χ3n) is 2.65. The van der Waals surface area contributed by atoms with Crippen LogP contribution in [-0.2, 0) is 4.74 Å². The Morgan fingerprint density at radius 2 is 2.36 bits per heavy atom. The maximum atomic E-state index is 8.52. The van der Waals surface area contributed by atoms with E-state index in [1.807, 2.05) is 7.05 Å². The van der Waals surface area contributed by atoms with Crippen molar-refractivity contribution in [2.24, 2.45) is 5.92 Å². The summed E-state index contributed by atoms with van der Waals surface area (Å²) < 4.78 is 5.23. The van der Waals surface area contributed by atoms with Crippen LogP contribution in [0.1, 0.15) is 6.42 Å². The van der Waals surface area contributed by atoms with E-state index in [0.29, 0.717) is 6.61 Å². The van der Waals surface area contributed by atoms with E-state index < -0.39 is 0 Å². The average molecular weight is 202 g/mol. The fourth-order valence-corrected chi connectivity index (χ4v) is 1.93. The second-order valence-corrected chi connectivity index (χ2v) is 3.85. The predicted molar refractivity (Wildman–Crippen MR) is 56.4 cm³/mol. The van der Waals surface area contributed by atoms with Gasteiger partial charge in [0.2, 0.25) is 0 Å². The van der Waals surface area contributed by atoms with Crippen LogP contribution in [0.4, 0.5) is 0 Å². The van der Waals surface area contributed by atoms with Gasteiger partial charge in [-0.1, -0.05) is 0 Å². The Morgan fingerprint density at radius 3 is 3.07 bits per heavy atom. The SMILES string of the molecule is CNCC1CCN(CCOCCO)C1. The topological polar surface area (TPSA) is 44.7 Å². The summed E-state index contributed by atoms with van der Waals surface area (Å²) in [6, 6.07) is 0. The zero-order valence-corrected chi connectivity index (χ0v) is 9.04. The highest BCUT2D eigenvalue weighted by molar-refractivity contribution is 4.76. The number of hydrogen-bond acceptors (Lipinski definition) is 4. The van der Waals surface area contributed by atoms with E-state index in [9.17, 15) is 0 Å². The number of nitrogens with one attached hydrogen (secondary N) is 1. The van der Waals surface area contributed by atoms with Gasteiger partial charge < -0.3 is 20.1 Å². The van der Waals surface area contributed by atoms with Gasteiger partial charge in [-0.05, 0) is 32.5 Å². The first-order valence-electron chi connectivity index (χ1n) is 5.42. The van der Waals surface area contributed by atoms with Gasteiger partial charge in [0.05, 0.1) is 19.8 Å². The lowest BCUT2D eigenvalue weighted by Crippen LogP contribution is -2.27. The predicted octanol–water partition coefficient (Wildman–Crippen LogP) is -0.463. The number of aliphatic hydroxyl groups is 1. The Bertz CT molecular complexity index is 144. The molecule has 0 aromatic heterocycles. The van der Waals surface area contributed by atoms with E-state index in [4.69, 9.17) is 9.84 Å². The standard InChI is InChI=1S/C10H22N2O2/c1-11-8-10-2-3-12(9-10)4-6-14-7-5-13/h10-11,13H,2-9H2,1H3. The Labute approximate surface area is 86.2 Å². The molecule has 1 aliphatic heterocycles. The molecule has 0 aliphatic carbocycles. The summed E-state index contributed by atoms with van der Waals surface area (Å²) in [4.78, 5) is 2.43. The molecule has 14 heavy (non-hydrogen) atoms. The Balaban J connectivity index is 1.98. The molecule has 0 amide bonds. The highest BCUT2D eigenvalue weighted by atomic mass is 16.5. The van der Waals surface area contributed by atoms with Crippen LogP contribution in [0.25, 0.3) is 0 Å². The van der Waals surface area contributed by atoms with Crippen molar-refractivity contribution in [2.45, 2.75) is 6.42 Å². The molecular formula is C10H22N2O2. The smallest absolute Gasteiger partial charge is 0.0698 e. The third-order valence-corrected chi connectivity index (χ3v) is 2.65. The molecule has 1 fully saturated rings. The minimum Gasteiger partial charge on any atom is -0.394 e. The monoisotopic (exact) mass is 202 g/mol. The van der Waals surface area contributed by atoms with Gasteiger partial charge in [-0.25, -0.2) is 0 Å². The first kappa shape index (κ1) is 11.9. The quantitative estimate of drug-likeness (QED) is 0.548. The Kier molecular flexibility index (Phi) is 6.10. The van der Waals surface area contributed by atoms with Crippen molar-refractivity contribution in [3.63, 3.8) is 0 Å². The van der Waals surface area contributed by atoms with Crippen molar-refractivity contribution in [3.05, 3.63) is 0 Å². The van der Waals surface area contributed by atoms with Crippen molar-refractivity contribution in [1.82, 2.24) is 10.2 Å². The van der Waals surface area contributed by atoms with Crippen LogP contribution in [0.2, 0.25) is 0 Å². The molecule has 1 rings (SSSR count). The molecule has 1 aliphatic rings. The van der Waals surface area contributed by atoms with Gasteiger partial charge in [0.1, 0.15) is 0 Å². The van der Waals surface area contributed by atoms with Crippen LogP contribution in [0, 0.1) is 5.92 Å². The highest BCUT2D eigenvalue weighted by Crippen LogP contribution is 2.14. The third kappa shape index (κ3) is 4.37. The van der Waals surface area contributed by atoms with Crippen LogP contribution >= 0.6 is 0 Å². The fraction of sp³-hybridized carbons (Fsp3) is 1.00. The first-order chi connectivity index (χ1) is 6.86. The molecule has 2 N–H and O–H groups in total. The van der Waals surface area contributed by atoms with E-state index in [0.717, 1.165) is 25.6 Å². The summed E-state index contributed by atoms with van der Waals surface area (Å²) in [7, 11) is 2.01. The molecular weight excluding hydrogens is 180 g/mol. The number of hydrogen-bond donors (Lipinski definition) is 2. The zero-order chi connectivity index (χ0) is 10.2. The second kappa shape index (κ2) is 7.17. The van der Waals surface area contributed by atoms with Crippen LogP contribution in [-0.4, -0.2) is 63.1 Å².